The Bertz CT molecular complexity index is 1430. The number of anilines is 2. The van der Waals surface area contributed by atoms with Crippen LogP contribution in [0.2, 0.25) is 0 Å². The molecule has 38 heavy (non-hydrogen) atoms. The quantitative estimate of drug-likeness (QED) is 0.490. The zero-order chi connectivity index (χ0) is 26.2. The number of aromatic nitrogens is 2. The maximum Gasteiger partial charge on any atom is 0.327 e. The zero-order valence-corrected chi connectivity index (χ0v) is 21.4. The highest BCUT2D eigenvalue weighted by Gasteiger charge is 2.47. The molecule has 1 aromatic carbocycles. The van der Waals surface area contributed by atoms with E-state index in [0.29, 0.717) is 13.1 Å². The zero-order valence-electron chi connectivity index (χ0n) is 20.5. The smallest absolute Gasteiger partial charge is 0.327 e. The topological polar surface area (TPSA) is 108 Å². The van der Waals surface area contributed by atoms with Crippen molar-refractivity contribution in [2.24, 2.45) is 0 Å². The second-order valence-corrected chi connectivity index (χ2v) is 10.6. The molecule has 6 rings (SSSR count). The predicted molar refractivity (Wildman–Crippen MR) is 145 cm³/mol. The van der Waals surface area contributed by atoms with Gasteiger partial charge in [-0.3, -0.25) is 19.5 Å². The van der Waals surface area contributed by atoms with Gasteiger partial charge in [0.15, 0.2) is 0 Å². The van der Waals surface area contributed by atoms with E-state index in [2.05, 4.69) is 27.2 Å². The molecule has 192 valence electrons. The lowest BCUT2D eigenvalue weighted by molar-refractivity contribution is -0.129. The van der Waals surface area contributed by atoms with Gasteiger partial charge >= 0.3 is 6.03 Å². The molecule has 1 fully saturated rings. The molecule has 0 spiro atoms. The molecule has 3 aliphatic rings. The molecule has 3 aromatic rings. The minimum atomic E-state index is -0.557. The Kier molecular flexibility index (Phi) is 6.32. The molecule has 2 N–H and O–H groups in total. The van der Waals surface area contributed by atoms with Crippen molar-refractivity contribution in [3.63, 3.8) is 0 Å². The fraction of sp³-hybridized carbons (Fsp3) is 0.250. The van der Waals surface area contributed by atoms with E-state index in [1.54, 1.807) is 28.4 Å². The van der Waals surface area contributed by atoms with Gasteiger partial charge < -0.3 is 15.5 Å². The lowest BCUT2D eigenvalue weighted by Crippen LogP contribution is -2.53. The Morgan fingerprint density at radius 1 is 1.13 bits per heavy atom. The van der Waals surface area contributed by atoms with Crippen molar-refractivity contribution in [1.29, 1.82) is 0 Å². The van der Waals surface area contributed by atoms with Crippen LogP contribution in [0.4, 0.5) is 16.2 Å². The molecule has 5 heterocycles. The first-order valence-electron chi connectivity index (χ1n) is 12.5. The molecule has 3 atom stereocenters. The number of thioether (sulfide) groups is 1. The van der Waals surface area contributed by atoms with Crippen LogP contribution in [0.1, 0.15) is 24.4 Å². The summed E-state index contributed by atoms with van der Waals surface area (Å²) in [4.78, 5) is 51.0. The van der Waals surface area contributed by atoms with Crippen LogP contribution in [-0.2, 0) is 9.59 Å². The van der Waals surface area contributed by atoms with Crippen molar-refractivity contribution >= 4 is 41.0 Å². The van der Waals surface area contributed by atoms with E-state index in [4.69, 9.17) is 0 Å². The molecule has 10 heteroatoms. The first-order valence-corrected chi connectivity index (χ1v) is 13.4. The van der Waals surface area contributed by atoms with Crippen molar-refractivity contribution in [2.45, 2.75) is 35.2 Å². The number of rotatable bonds is 5. The van der Waals surface area contributed by atoms with Crippen LogP contribution < -0.4 is 15.5 Å². The van der Waals surface area contributed by atoms with Crippen LogP contribution in [0.5, 0.6) is 0 Å². The lowest BCUT2D eigenvalue weighted by Gasteiger charge is -2.35. The highest BCUT2D eigenvalue weighted by Crippen LogP contribution is 2.50. The van der Waals surface area contributed by atoms with Crippen LogP contribution in [-0.4, -0.2) is 57.1 Å². The Hall–Kier alpha value is -4.18. The van der Waals surface area contributed by atoms with Gasteiger partial charge in [0.25, 0.3) is 0 Å². The predicted octanol–water partition coefficient (Wildman–Crippen LogP) is 3.81. The molecule has 3 aliphatic heterocycles. The summed E-state index contributed by atoms with van der Waals surface area (Å²) in [6.45, 7) is 4.67. The summed E-state index contributed by atoms with van der Waals surface area (Å²) >= 11 is 1.36. The van der Waals surface area contributed by atoms with Crippen molar-refractivity contribution in [2.75, 3.05) is 18.0 Å². The molecule has 2 aromatic heterocycles. The number of pyridine rings is 2. The number of hydrogen-bond acceptors (Lipinski definition) is 6. The summed E-state index contributed by atoms with van der Waals surface area (Å²) in [7, 11) is 0. The van der Waals surface area contributed by atoms with Gasteiger partial charge in [0.2, 0.25) is 11.8 Å². The monoisotopic (exact) mass is 526 g/mol. The molecule has 0 aliphatic carbocycles. The Morgan fingerprint density at radius 3 is 2.79 bits per heavy atom. The highest BCUT2D eigenvalue weighted by atomic mass is 32.2. The Balaban J connectivity index is 1.26. The van der Waals surface area contributed by atoms with Gasteiger partial charge in [-0.05, 0) is 60.4 Å². The number of nitrogens with zero attached hydrogens (tertiary/aromatic N) is 4. The number of likely N-dealkylation sites (tertiary alicyclic amines) is 1. The van der Waals surface area contributed by atoms with E-state index in [1.165, 1.54) is 17.8 Å². The summed E-state index contributed by atoms with van der Waals surface area (Å²) in [5.41, 5.74) is 4.25. The molecular weight excluding hydrogens is 500 g/mol. The molecule has 1 saturated heterocycles. The van der Waals surface area contributed by atoms with Gasteiger partial charge in [-0.25, -0.2) is 9.78 Å². The molecule has 0 radical (unpaired) electrons. The number of piperidine rings is 1. The van der Waals surface area contributed by atoms with E-state index in [-0.39, 0.29) is 23.9 Å². The van der Waals surface area contributed by atoms with E-state index in [9.17, 15) is 14.4 Å². The molecule has 0 bridgehead atoms. The average molecular weight is 527 g/mol. The molecule has 4 amide bonds. The van der Waals surface area contributed by atoms with Crippen molar-refractivity contribution in [3.05, 3.63) is 79.3 Å². The van der Waals surface area contributed by atoms with Crippen LogP contribution in [0.3, 0.4) is 0 Å². The number of urea groups is 1. The van der Waals surface area contributed by atoms with Crippen LogP contribution >= 0.6 is 11.8 Å². The van der Waals surface area contributed by atoms with E-state index in [1.807, 2.05) is 42.5 Å². The van der Waals surface area contributed by atoms with E-state index < -0.39 is 11.3 Å². The maximum atomic E-state index is 13.5. The first-order chi connectivity index (χ1) is 18.5. The first kappa shape index (κ1) is 24.2. The SMILES string of the molecule is C=CC(=O)N1CCCC(NC(=O)[C@@H]2Sc3nccc4c3C2NC(=O)N4c2cccc(-c3ccncc3)c2)C1. The number of benzene rings is 1. The molecule has 9 nitrogen and oxygen atoms in total. The van der Waals surface area contributed by atoms with Crippen LogP contribution in [0.15, 0.2) is 78.7 Å². The van der Waals surface area contributed by atoms with Crippen molar-refractivity contribution < 1.29 is 14.4 Å². The summed E-state index contributed by atoms with van der Waals surface area (Å²) in [5.74, 6) is -0.302. The minimum absolute atomic E-state index is 0.131. The fourth-order valence-corrected chi connectivity index (χ4v) is 6.59. The molecule has 2 unspecified atom stereocenters. The van der Waals surface area contributed by atoms with Gasteiger partial charge in [-0.1, -0.05) is 30.5 Å². The minimum Gasteiger partial charge on any atom is -0.351 e. The Labute approximate surface area is 224 Å². The standard InChI is InChI=1S/C28H26N6O3S/c1-2-22(35)33-14-4-6-19(16-33)31-26(36)25-24-23-21(10-13-30-27(23)38-25)34(28(37)32-24)20-7-3-5-18(15-20)17-8-11-29-12-9-17/h2-3,5,7-13,15,19,24-25H,1,4,6,14,16H2,(H,31,36)(H,32,37)/t19?,24?,25-/m1/s1. The van der Waals surface area contributed by atoms with E-state index in [0.717, 1.165) is 45.9 Å². The van der Waals surface area contributed by atoms with Gasteiger partial charge in [0.1, 0.15) is 10.3 Å². The number of hydrogen-bond donors (Lipinski definition) is 2. The Morgan fingerprint density at radius 2 is 1.97 bits per heavy atom. The normalized spacial score (nSPS) is 21.9. The number of carbonyl (C=O) groups excluding carboxylic acids is 3. The third-order valence-electron chi connectivity index (χ3n) is 7.14. The van der Waals surface area contributed by atoms with E-state index >= 15 is 0 Å². The summed E-state index contributed by atoms with van der Waals surface area (Å²) in [6.07, 6.45) is 8.05. The van der Waals surface area contributed by atoms with Crippen molar-refractivity contribution in [1.82, 2.24) is 25.5 Å². The summed E-state index contributed by atoms with van der Waals surface area (Å²) in [5, 5.41) is 6.35. The van der Waals surface area contributed by atoms with Gasteiger partial charge in [-0.15, -0.1) is 0 Å². The van der Waals surface area contributed by atoms with Gasteiger partial charge in [-0.2, -0.15) is 0 Å². The lowest BCUT2D eigenvalue weighted by atomic mass is 9.98. The number of carbonyl (C=O) groups is 3. The fourth-order valence-electron chi connectivity index (χ4n) is 5.36. The number of nitrogens with one attached hydrogen (secondary N) is 2. The van der Waals surface area contributed by atoms with Crippen LogP contribution in [0, 0.1) is 0 Å². The third-order valence-corrected chi connectivity index (χ3v) is 8.43. The summed E-state index contributed by atoms with van der Waals surface area (Å²) < 4.78 is 0. The third kappa shape index (κ3) is 4.30. The second-order valence-electron chi connectivity index (χ2n) is 9.47. The van der Waals surface area contributed by atoms with Crippen molar-refractivity contribution in [3.8, 4) is 11.1 Å². The van der Waals surface area contributed by atoms with Crippen LogP contribution in [0.25, 0.3) is 11.1 Å². The van der Waals surface area contributed by atoms with Gasteiger partial charge in [0, 0.05) is 43.3 Å². The largest absolute Gasteiger partial charge is 0.351 e. The molecule has 0 saturated carbocycles. The molecular formula is C28H26N6O3S. The van der Waals surface area contributed by atoms with Gasteiger partial charge in [0.05, 0.1) is 17.4 Å². The highest BCUT2D eigenvalue weighted by molar-refractivity contribution is 8.01. The second kappa shape index (κ2) is 9.94. The summed E-state index contributed by atoms with van der Waals surface area (Å²) in [6, 6.07) is 12.5. The average Bonchev–Trinajstić information content (AvgIpc) is 3.33. The maximum absolute atomic E-state index is 13.5. The number of amides is 4.